The zero-order chi connectivity index (χ0) is 10.8. The third-order valence-corrected chi connectivity index (χ3v) is 2.43. The number of nitrogens with zero attached hydrogens (tertiary/aromatic N) is 1. The Bertz CT molecular complexity index is 440. The van der Waals surface area contributed by atoms with E-state index in [0.717, 1.165) is 24.3 Å². The molecule has 1 aromatic rings. The Morgan fingerprint density at radius 3 is 2.14 bits per heavy atom. The maximum atomic E-state index is 11.5. The molecule has 1 rings (SSSR count). The summed E-state index contributed by atoms with van der Waals surface area (Å²) < 4.78 is 35.7. The van der Waals surface area contributed by atoms with Crippen molar-refractivity contribution in [3.05, 3.63) is 34.4 Å². The first kappa shape index (κ1) is 10.5. The van der Waals surface area contributed by atoms with Gasteiger partial charge in [-0.15, -0.1) is 0 Å². The standard InChI is InChI=1S/C6H4FNO5S/c7-13-14(11,12)6-3-1-5(2-4-6)8(9)10/h1-4H. The lowest BCUT2D eigenvalue weighted by Crippen LogP contribution is -2.00. The van der Waals surface area contributed by atoms with Crippen LogP contribution < -0.4 is 0 Å². The first-order valence-electron chi connectivity index (χ1n) is 3.27. The normalized spacial score (nSPS) is 11.2. The fourth-order valence-corrected chi connectivity index (χ4v) is 1.31. The Morgan fingerprint density at radius 2 is 1.79 bits per heavy atom. The molecule has 0 heterocycles. The summed E-state index contributed by atoms with van der Waals surface area (Å²) in [7, 11) is -4.43. The van der Waals surface area contributed by atoms with Crippen LogP contribution in [-0.2, 0) is 14.5 Å². The van der Waals surface area contributed by atoms with E-state index in [4.69, 9.17) is 0 Å². The molecule has 0 aliphatic carbocycles. The second-order valence-corrected chi connectivity index (χ2v) is 3.77. The van der Waals surface area contributed by atoms with Crippen molar-refractivity contribution in [1.82, 2.24) is 0 Å². The van der Waals surface area contributed by atoms with Crippen molar-refractivity contribution in [2.45, 2.75) is 4.90 Å². The molecule has 0 aliphatic rings. The van der Waals surface area contributed by atoms with Crippen LogP contribution in [0.3, 0.4) is 0 Å². The topological polar surface area (TPSA) is 86.5 Å². The Morgan fingerprint density at radius 1 is 1.29 bits per heavy atom. The predicted octanol–water partition coefficient (Wildman–Crippen LogP) is 1.18. The third kappa shape index (κ3) is 2.03. The minimum absolute atomic E-state index is 0.289. The maximum absolute atomic E-state index is 11.5. The molecular formula is C6H4FNO5S. The fourth-order valence-electron chi connectivity index (χ4n) is 0.771. The number of nitro groups is 1. The summed E-state index contributed by atoms with van der Waals surface area (Å²) in [6.07, 6.45) is 0. The number of benzene rings is 1. The summed E-state index contributed by atoms with van der Waals surface area (Å²) in [5, 5.41) is 10.2. The van der Waals surface area contributed by atoms with Crippen molar-refractivity contribution >= 4 is 15.8 Å². The van der Waals surface area contributed by atoms with Crippen molar-refractivity contribution in [1.29, 1.82) is 0 Å². The van der Waals surface area contributed by atoms with E-state index in [2.05, 4.69) is 4.39 Å². The molecule has 0 atom stereocenters. The van der Waals surface area contributed by atoms with Crippen LogP contribution in [0.5, 0.6) is 0 Å². The van der Waals surface area contributed by atoms with Crippen LogP contribution in [0, 0.1) is 10.1 Å². The lowest BCUT2D eigenvalue weighted by Gasteiger charge is -1.96. The molecule has 6 nitrogen and oxygen atoms in total. The molecule has 0 unspecified atom stereocenters. The maximum Gasteiger partial charge on any atom is 0.327 e. The van der Waals surface area contributed by atoms with Crippen LogP contribution in [0.1, 0.15) is 0 Å². The molecule has 0 spiro atoms. The van der Waals surface area contributed by atoms with Gasteiger partial charge in [0.25, 0.3) is 5.69 Å². The van der Waals surface area contributed by atoms with Crippen molar-refractivity contribution in [3.8, 4) is 0 Å². The molecule has 0 fully saturated rings. The highest BCUT2D eigenvalue weighted by atomic mass is 32.2. The number of rotatable bonds is 3. The second-order valence-electron chi connectivity index (χ2n) is 2.27. The SMILES string of the molecule is O=[N+]([O-])c1ccc(S(=O)(=O)OF)cc1. The van der Waals surface area contributed by atoms with Gasteiger partial charge in [0.2, 0.25) is 0 Å². The van der Waals surface area contributed by atoms with E-state index in [1.165, 1.54) is 0 Å². The van der Waals surface area contributed by atoms with Crippen LogP contribution >= 0.6 is 0 Å². The Hall–Kier alpha value is -1.54. The van der Waals surface area contributed by atoms with Crippen molar-refractivity contribution in [3.63, 3.8) is 0 Å². The van der Waals surface area contributed by atoms with Crippen molar-refractivity contribution < 1.29 is 22.3 Å². The average Bonchev–Trinajstić information content (AvgIpc) is 2.18. The molecule has 0 amide bonds. The van der Waals surface area contributed by atoms with Crippen LogP contribution in [0.4, 0.5) is 10.2 Å². The summed E-state index contributed by atoms with van der Waals surface area (Å²) >= 11 is 0. The van der Waals surface area contributed by atoms with E-state index in [1.807, 2.05) is 0 Å². The van der Waals surface area contributed by atoms with Gasteiger partial charge in [-0.3, -0.25) is 10.1 Å². The van der Waals surface area contributed by atoms with Crippen LogP contribution in [0.2, 0.25) is 0 Å². The molecule has 0 bridgehead atoms. The van der Waals surface area contributed by atoms with Gasteiger partial charge in [-0.05, 0) is 16.7 Å². The van der Waals surface area contributed by atoms with Gasteiger partial charge in [0.15, 0.2) is 0 Å². The van der Waals surface area contributed by atoms with E-state index < -0.39 is 19.9 Å². The zero-order valence-electron chi connectivity index (χ0n) is 6.58. The monoisotopic (exact) mass is 221 g/mol. The number of hydrogen-bond donors (Lipinski definition) is 0. The number of nitro benzene ring substituents is 1. The minimum Gasteiger partial charge on any atom is -0.258 e. The molecule has 0 saturated carbocycles. The van der Waals surface area contributed by atoms with Gasteiger partial charge >= 0.3 is 10.1 Å². The van der Waals surface area contributed by atoms with Gasteiger partial charge < -0.3 is 0 Å². The lowest BCUT2D eigenvalue weighted by molar-refractivity contribution is -0.384. The molecule has 0 N–H and O–H groups in total. The predicted molar refractivity (Wildman–Crippen MR) is 42.5 cm³/mol. The molecule has 14 heavy (non-hydrogen) atoms. The molecule has 0 aromatic heterocycles. The van der Waals surface area contributed by atoms with E-state index in [0.29, 0.717) is 0 Å². The second kappa shape index (κ2) is 3.68. The molecule has 0 saturated heterocycles. The Balaban J connectivity index is 3.12. The van der Waals surface area contributed by atoms with Gasteiger partial charge in [0.1, 0.15) is 0 Å². The molecule has 8 heteroatoms. The van der Waals surface area contributed by atoms with Gasteiger partial charge in [0.05, 0.1) is 9.82 Å². The largest absolute Gasteiger partial charge is 0.327 e. The minimum atomic E-state index is -4.43. The van der Waals surface area contributed by atoms with Gasteiger partial charge in [-0.25, -0.2) is 0 Å². The van der Waals surface area contributed by atoms with Crippen LogP contribution in [-0.4, -0.2) is 13.3 Å². The van der Waals surface area contributed by atoms with Crippen LogP contribution in [0.15, 0.2) is 29.2 Å². The average molecular weight is 221 g/mol. The van der Waals surface area contributed by atoms with Gasteiger partial charge in [-0.2, -0.15) is 8.42 Å². The smallest absolute Gasteiger partial charge is 0.258 e. The van der Waals surface area contributed by atoms with Crippen molar-refractivity contribution in [2.24, 2.45) is 0 Å². The molecule has 76 valence electrons. The molecule has 1 aromatic carbocycles. The number of non-ortho nitro benzene ring substituents is 1. The number of halogens is 1. The van der Waals surface area contributed by atoms with E-state index >= 15 is 0 Å². The first-order valence-corrected chi connectivity index (χ1v) is 4.68. The quantitative estimate of drug-likeness (QED) is 0.565. The fraction of sp³-hybridized carbons (Fsp3) is 0. The Kier molecular flexibility index (Phi) is 2.77. The first-order chi connectivity index (χ1) is 6.47. The lowest BCUT2D eigenvalue weighted by atomic mass is 10.3. The van der Waals surface area contributed by atoms with Crippen molar-refractivity contribution in [2.75, 3.05) is 0 Å². The van der Waals surface area contributed by atoms with Gasteiger partial charge in [0, 0.05) is 12.1 Å². The highest BCUT2D eigenvalue weighted by Gasteiger charge is 2.16. The van der Waals surface area contributed by atoms with E-state index in [9.17, 15) is 23.1 Å². The Labute approximate surface area is 78.1 Å². The summed E-state index contributed by atoms with van der Waals surface area (Å²) in [6.45, 7) is 0. The third-order valence-electron chi connectivity index (χ3n) is 1.42. The highest BCUT2D eigenvalue weighted by Crippen LogP contribution is 2.17. The van der Waals surface area contributed by atoms with E-state index in [1.54, 1.807) is 0 Å². The summed E-state index contributed by atoms with van der Waals surface area (Å²) in [4.78, 5) is 9.00. The van der Waals surface area contributed by atoms with Gasteiger partial charge in [-0.1, -0.05) is 4.39 Å². The zero-order valence-corrected chi connectivity index (χ0v) is 7.40. The van der Waals surface area contributed by atoms with E-state index in [-0.39, 0.29) is 5.69 Å². The van der Waals surface area contributed by atoms with Crippen LogP contribution in [0.25, 0.3) is 0 Å². The summed E-state index contributed by atoms with van der Waals surface area (Å²) in [5.74, 6) is 0. The molecule has 0 radical (unpaired) electrons. The molecule has 0 aliphatic heterocycles. The molecular weight excluding hydrogens is 217 g/mol. The summed E-state index contributed by atoms with van der Waals surface area (Å²) in [5.41, 5.74) is -0.289. The highest BCUT2D eigenvalue weighted by molar-refractivity contribution is 7.86. The summed E-state index contributed by atoms with van der Waals surface area (Å²) in [6, 6.07) is 3.64. The number of hydrogen-bond acceptors (Lipinski definition) is 5.